The zero-order valence-corrected chi connectivity index (χ0v) is 12.5. The minimum Gasteiger partial charge on any atom is -0.323 e. The minimum absolute atomic E-state index is 0.0875. The molecule has 2 unspecified atom stereocenters. The zero-order chi connectivity index (χ0) is 13.0. The molecule has 0 bridgehead atoms. The number of unbranched alkanes of at least 4 members (excludes halogenated alkanes) is 1. The highest BCUT2D eigenvalue weighted by molar-refractivity contribution is 7.99. The summed E-state index contributed by atoms with van der Waals surface area (Å²) in [6.07, 6.45) is 6.98. The van der Waals surface area contributed by atoms with Gasteiger partial charge in [-0.15, -0.1) is 0 Å². The zero-order valence-electron chi connectivity index (χ0n) is 11.7. The van der Waals surface area contributed by atoms with Crippen LogP contribution in [0.2, 0.25) is 0 Å². The number of nitrogens with one attached hydrogen (secondary N) is 1. The Bertz CT molecular complexity index is 279. The fourth-order valence-electron chi connectivity index (χ4n) is 3.04. The quantitative estimate of drug-likeness (QED) is 0.833. The van der Waals surface area contributed by atoms with Gasteiger partial charge in [0.15, 0.2) is 0 Å². The van der Waals surface area contributed by atoms with Crippen LogP contribution in [0.15, 0.2) is 0 Å². The fraction of sp³-hybridized carbons (Fsp3) is 0.929. The van der Waals surface area contributed by atoms with Gasteiger partial charge in [0, 0.05) is 6.04 Å². The lowest BCUT2D eigenvalue weighted by atomic mass is 10.1. The summed E-state index contributed by atoms with van der Waals surface area (Å²) >= 11 is 2.02. The normalized spacial score (nSPS) is 30.1. The first-order valence-electron chi connectivity index (χ1n) is 7.43. The Kier molecular flexibility index (Phi) is 5.37. The molecule has 2 atom stereocenters. The van der Waals surface area contributed by atoms with Crippen molar-refractivity contribution in [2.24, 2.45) is 0 Å². The minimum atomic E-state index is 0.0875. The molecule has 2 saturated heterocycles. The van der Waals surface area contributed by atoms with Gasteiger partial charge in [-0.2, -0.15) is 11.8 Å². The summed E-state index contributed by atoms with van der Waals surface area (Å²) in [6.45, 7) is 4.37. The van der Waals surface area contributed by atoms with Gasteiger partial charge < -0.3 is 4.90 Å². The lowest BCUT2D eigenvalue weighted by Gasteiger charge is -2.34. The van der Waals surface area contributed by atoms with Gasteiger partial charge in [-0.1, -0.05) is 26.7 Å². The third kappa shape index (κ3) is 3.02. The maximum absolute atomic E-state index is 12.5. The van der Waals surface area contributed by atoms with E-state index in [0.29, 0.717) is 11.9 Å². The molecule has 2 heterocycles. The van der Waals surface area contributed by atoms with Gasteiger partial charge in [-0.05, 0) is 37.2 Å². The monoisotopic (exact) mass is 270 g/mol. The molecule has 2 rings (SSSR count). The van der Waals surface area contributed by atoms with Crippen LogP contribution < -0.4 is 5.32 Å². The van der Waals surface area contributed by atoms with E-state index < -0.39 is 0 Å². The Morgan fingerprint density at radius 1 is 1.33 bits per heavy atom. The van der Waals surface area contributed by atoms with E-state index in [1.54, 1.807) is 0 Å². The second kappa shape index (κ2) is 6.80. The number of carbonyl (C=O) groups is 1. The van der Waals surface area contributed by atoms with E-state index >= 15 is 0 Å². The van der Waals surface area contributed by atoms with Gasteiger partial charge in [-0.25, -0.2) is 0 Å². The smallest absolute Gasteiger partial charge is 0.241 e. The maximum atomic E-state index is 12.5. The molecule has 0 saturated carbocycles. The van der Waals surface area contributed by atoms with E-state index in [-0.39, 0.29) is 12.2 Å². The van der Waals surface area contributed by atoms with E-state index in [2.05, 4.69) is 24.1 Å². The van der Waals surface area contributed by atoms with Crippen LogP contribution in [0, 0.1) is 0 Å². The highest BCUT2D eigenvalue weighted by atomic mass is 32.2. The highest BCUT2D eigenvalue weighted by Gasteiger charge is 2.41. The molecule has 2 aliphatic rings. The standard InChI is InChI=1S/C14H26N2OS/c1-3-5-6-12-14(17)16(13(4-2)15-12)11-7-9-18-10-8-11/h11-13,15H,3-10H2,1-2H3. The summed E-state index contributed by atoms with van der Waals surface area (Å²) in [4.78, 5) is 14.7. The molecule has 3 nitrogen and oxygen atoms in total. The Labute approximate surface area is 115 Å². The predicted octanol–water partition coefficient (Wildman–Crippen LogP) is 2.61. The molecule has 0 radical (unpaired) electrons. The van der Waals surface area contributed by atoms with Crippen molar-refractivity contribution in [1.82, 2.24) is 10.2 Å². The lowest BCUT2D eigenvalue weighted by Crippen LogP contribution is -2.45. The van der Waals surface area contributed by atoms with Gasteiger partial charge in [0.2, 0.25) is 5.91 Å². The molecule has 0 aromatic heterocycles. The Morgan fingerprint density at radius 3 is 2.67 bits per heavy atom. The Morgan fingerprint density at radius 2 is 2.06 bits per heavy atom. The molecular formula is C14H26N2OS. The van der Waals surface area contributed by atoms with E-state index in [4.69, 9.17) is 0 Å². The van der Waals surface area contributed by atoms with E-state index in [9.17, 15) is 4.79 Å². The number of carbonyl (C=O) groups excluding carboxylic acids is 1. The van der Waals surface area contributed by atoms with Crippen molar-refractivity contribution in [3.8, 4) is 0 Å². The number of hydrogen-bond donors (Lipinski definition) is 1. The van der Waals surface area contributed by atoms with Crippen LogP contribution in [0.5, 0.6) is 0 Å². The third-order valence-corrected chi connectivity index (χ3v) is 5.15. The molecule has 1 amide bonds. The van der Waals surface area contributed by atoms with E-state index in [0.717, 1.165) is 19.3 Å². The average molecular weight is 270 g/mol. The van der Waals surface area contributed by atoms with Crippen LogP contribution in [0.4, 0.5) is 0 Å². The predicted molar refractivity (Wildman–Crippen MR) is 77.7 cm³/mol. The van der Waals surface area contributed by atoms with E-state index in [1.165, 1.54) is 30.8 Å². The largest absolute Gasteiger partial charge is 0.323 e. The van der Waals surface area contributed by atoms with Crippen molar-refractivity contribution in [1.29, 1.82) is 0 Å². The van der Waals surface area contributed by atoms with Gasteiger partial charge >= 0.3 is 0 Å². The molecule has 4 heteroatoms. The van der Waals surface area contributed by atoms with Crippen molar-refractivity contribution >= 4 is 17.7 Å². The van der Waals surface area contributed by atoms with Gasteiger partial charge in [-0.3, -0.25) is 10.1 Å². The summed E-state index contributed by atoms with van der Waals surface area (Å²) in [5, 5.41) is 3.54. The van der Waals surface area contributed by atoms with Gasteiger partial charge in [0.1, 0.15) is 0 Å². The number of rotatable bonds is 5. The molecular weight excluding hydrogens is 244 g/mol. The van der Waals surface area contributed by atoms with Crippen molar-refractivity contribution in [2.75, 3.05) is 11.5 Å². The number of hydrogen-bond acceptors (Lipinski definition) is 3. The summed E-state index contributed by atoms with van der Waals surface area (Å²) < 4.78 is 0. The molecule has 0 aliphatic carbocycles. The molecule has 0 aromatic rings. The van der Waals surface area contributed by atoms with Crippen molar-refractivity contribution in [2.45, 2.75) is 70.6 Å². The van der Waals surface area contributed by atoms with Gasteiger partial charge in [0.25, 0.3) is 0 Å². The van der Waals surface area contributed by atoms with Crippen molar-refractivity contribution < 1.29 is 4.79 Å². The summed E-state index contributed by atoms with van der Waals surface area (Å²) in [6, 6.07) is 0.576. The number of thioether (sulfide) groups is 1. The Balaban J connectivity index is 2.00. The number of amides is 1. The molecule has 0 spiro atoms. The molecule has 2 aliphatic heterocycles. The second-order valence-corrected chi connectivity index (χ2v) is 6.60. The number of nitrogens with zero attached hydrogens (tertiary/aromatic N) is 1. The first-order chi connectivity index (χ1) is 8.77. The molecule has 104 valence electrons. The van der Waals surface area contributed by atoms with Crippen LogP contribution in [-0.4, -0.2) is 40.6 Å². The Hall–Kier alpha value is -0.220. The fourth-order valence-corrected chi connectivity index (χ4v) is 4.13. The van der Waals surface area contributed by atoms with E-state index in [1.807, 2.05) is 11.8 Å². The van der Waals surface area contributed by atoms with Crippen LogP contribution in [-0.2, 0) is 4.79 Å². The summed E-state index contributed by atoms with van der Waals surface area (Å²) in [7, 11) is 0. The summed E-state index contributed by atoms with van der Waals surface area (Å²) in [5.74, 6) is 2.79. The van der Waals surface area contributed by atoms with Crippen molar-refractivity contribution in [3.63, 3.8) is 0 Å². The third-order valence-electron chi connectivity index (χ3n) is 4.10. The average Bonchev–Trinajstić information content (AvgIpc) is 2.74. The lowest BCUT2D eigenvalue weighted by molar-refractivity contribution is -0.132. The highest BCUT2D eigenvalue weighted by Crippen LogP contribution is 2.28. The SMILES string of the molecule is CCCCC1NC(CC)N(C2CCSCC2)C1=O. The van der Waals surface area contributed by atoms with Crippen LogP contribution in [0.1, 0.15) is 52.4 Å². The first kappa shape index (κ1) is 14.2. The topological polar surface area (TPSA) is 32.3 Å². The summed E-state index contributed by atoms with van der Waals surface area (Å²) in [5.41, 5.74) is 0. The second-order valence-electron chi connectivity index (χ2n) is 5.37. The van der Waals surface area contributed by atoms with Crippen LogP contribution in [0.25, 0.3) is 0 Å². The molecule has 0 aromatic carbocycles. The maximum Gasteiger partial charge on any atom is 0.241 e. The van der Waals surface area contributed by atoms with Crippen molar-refractivity contribution in [3.05, 3.63) is 0 Å². The van der Waals surface area contributed by atoms with Crippen LogP contribution >= 0.6 is 11.8 Å². The molecule has 18 heavy (non-hydrogen) atoms. The molecule has 2 fully saturated rings. The molecule has 1 N–H and O–H groups in total. The van der Waals surface area contributed by atoms with Crippen LogP contribution in [0.3, 0.4) is 0 Å². The van der Waals surface area contributed by atoms with Gasteiger partial charge in [0.05, 0.1) is 12.2 Å². The first-order valence-corrected chi connectivity index (χ1v) is 8.59.